The molecule has 114 valence electrons. The fourth-order valence-corrected chi connectivity index (χ4v) is 2.74. The lowest BCUT2D eigenvalue weighted by Crippen LogP contribution is -2.43. The molecular weight excluding hydrogens is 259 g/mol. The maximum absolute atomic E-state index is 12.2. The number of hydrogen-bond acceptors (Lipinski definition) is 3. The molecular formula is C13H24F3NO2. The predicted molar refractivity (Wildman–Crippen MR) is 66.9 cm³/mol. The minimum atomic E-state index is -4.14. The van der Waals surface area contributed by atoms with Crippen LogP contribution >= 0.6 is 0 Å². The first kappa shape index (κ1) is 16.7. The van der Waals surface area contributed by atoms with Gasteiger partial charge in [0, 0.05) is 19.0 Å². The highest BCUT2D eigenvalue weighted by Crippen LogP contribution is 2.42. The molecule has 1 rings (SSSR count). The Balaban J connectivity index is 2.61. The van der Waals surface area contributed by atoms with Gasteiger partial charge in [-0.3, -0.25) is 0 Å². The Morgan fingerprint density at radius 2 is 1.68 bits per heavy atom. The number of ether oxygens (including phenoxy) is 1. The second-order valence-corrected chi connectivity index (χ2v) is 6.49. The largest absolute Gasteiger partial charge is 0.390 e. The van der Waals surface area contributed by atoms with Gasteiger partial charge in [-0.2, -0.15) is 13.2 Å². The number of aliphatic hydroxyl groups is 1. The van der Waals surface area contributed by atoms with Crippen molar-refractivity contribution in [3.05, 3.63) is 0 Å². The lowest BCUT2D eigenvalue weighted by Gasteiger charge is -2.30. The van der Waals surface area contributed by atoms with Gasteiger partial charge in [0.15, 0.2) is 0 Å². The third-order valence-corrected chi connectivity index (χ3v) is 3.80. The molecule has 2 unspecified atom stereocenters. The fraction of sp³-hybridized carbons (Fsp3) is 1.00. The molecule has 0 aromatic carbocycles. The molecule has 0 radical (unpaired) electrons. The van der Waals surface area contributed by atoms with Crippen LogP contribution in [0, 0.1) is 5.92 Å². The van der Waals surface area contributed by atoms with Crippen LogP contribution in [0.4, 0.5) is 13.2 Å². The van der Waals surface area contributed by atoms with E-state index in [0.29, 0.717) is 6.54 Å². The van der Waals surface area contributed by atoms with E-state index in [1.54, 1.807) is 25.8 Å². The average Bonchev–Trinajstić information content (AvgIpc) is 2.33. The molecule has 6 heteroatoms. The molecule has 1 heterocycles. The molecule has 1 aliphatic heterocycles. The van der Waals surface area contributed by atoms with E-state index >= 15 is 0 Å². The highest BCUT2D eigenvalue weighted by atomic mass is 19.4. The Kier molecular flexibility index (Phi) is 4.59. The van der Waals surface area contributed by atoms with Crippen LogP contribution in [0.5, 0.6) is 0 Å². The zero-order valence-electron chi connectivity index (χ0n) is 12.2. The highest BCUT2D eigenvalue weighted by Gasteiger charge is 2.53. The van der Waals surface area contributed by atoms with Gasteiger partial charge < -0.3 is 14.7 Å². The van der Waals surface area contributed by atoms with Gasteiger partial charge in [0.1, 0.15) is 0 Å². The smallest absolute Gasteiger partial charge is 0.390 e. The van der Waals surface area contributed by atoms with Gasteiger partial charge in [-0.05, 0) is 34.7 Å². The maximum atomic E-state index is 12.2. The van der Waals surface area contributed by atoms with Gasteiger partial charge in [0.2, 0.25) is 0 Å². The second kappa shape index (κ2) is 5.22. The van der Waals surface area contributed by atoms with E-state index in [1.807, 2.05) is 13.8 Å². The van der Waals surface area contributed by atoms with Crippen molar-refractivity contribution in [2.75, 3.05) is 20.1 Å². The van der Waals surface area contributed by atoms with Crippen molar-refractivity contribution in [1.29, 1.82) is 0 Å². The van der Waals surface area contributed by atoms with Crippen molar-refractivity contribution in [2.45, 2.75) is 57.6 Å². The lowest BCUT2D eigenvalue weighted by molar-refractivity contribution is -0.138. The highest BCUT2D eigenvalue weighted by molar-refractivity contribution is 5.02. The van der Waals surface area contributed by atoms with Crippen LogP contribution in [-0.2, 0) is 4.74 Å². The molecule has 0 amide bonds. The number of nitrogens with zero attached hydrogens (tertiary/aromatic N) is 1. The molecule has 1 fully saturated rings. The molecule has 0 aliphatic carbocycles. The first-order chi connectivity index (χ1) is 8.35. The number of halogens is 3. The van der Waals surface area contributed by atoms with E-state index in [1.165, 1.54) is 0 Å². The molecule has 2 atom stereocenters. The van der Waals surface area contributed by atoms with E-state index in [-0.39, 0.29) is 12.5 Å². The van der Waals surface area contributed by atoms with Crippen LogP contribution in [0.3, 0.4) is 0 Å². The quantitative estimate of drug-likeness (QED) is 0.860. The number of aliphatic hydroxyl groups excluding tert-OH is 1. The van der Waals surface area contributed by atoms with Crippen LogP contribution in [0.25, 0.3) is 0 Å². The van der Waals surface area contributed by atoms with E-state index in [9.17, 15) is 18.3 Å². The summed E-state index contributed by atoms with van der Waals surface area (Å²) in [7, 11) is 1.64. The van der Waals surface area contributed by atoms with Crippen molar-refractivity contribution in [1.82, 2.24) is 4.90 Å². The Hall–Kier alpha value is -0.330. The third kappa shape index (κ3) is 4.33. The standard InChI is InChI=1S/C13H24F3NO2/c1-11(2)9(10(18)12(3,4)19-11)8-17(5)7-6-13(14,15)16/h9-10,18H,6-8H2,1-5H3. The summed E-state index contributed by atoms with van der Waals surface area (Å²) in [6.07, 6.45) is -5.67. The number of rotatable bonds is 4. The van der Waals surface area contributed by atoms with Gasteiger partial charge >= 0.3 is 6.18 Å². The summed E-state index contributed by atoms with van der Waals surface area (Å²) in [5.41, 5.74) is -1.21. The van der Waals surface area contributed by atoms with Crippen LogP contribution in [0.2, 0.25) is 0 Å². The van der Waals surface area contributed by atoms with Gasteiger partial charge in [0.25, 0.3) is 0 Å². The Labute approximate surface area is 112 Å². The molecule has 0 aromatic rings. The summed E-state index contributed by atoms with van der Waals surface area (Å²) < 4.78 is 42.4. The number of alkyl halides is 3. The second-order valence-electron chi connectivity index (χ2n) is 6.49. The molecule has 0 aromatic heterocycles. The van der Waals surface area contributed by atoms with Gasteiger partial charge in [-0.1, -0.05) is 0 Å². The van der Waals surface area contributed by atoms with E-state index < -0.39 is 29.9 Å². The van der Waals surface area contributed by atoms with Crippen molar-refractivity contribution in [3.8, 4) is 0 Å². The summed E-state index contributed by atoms with van der Waals surface area (Å²) >= 11 is 0. The summed E-state index contributed by atoms with van der Waals surface area (Å²) in [5, 5.41) is 10.3. The minimum Gasteiger partial charge on any atom is -0.390 e. The van der Waals surface area contributed by atoms with Gasteiger partial charge in [0.05, 0.1) is 23.7 Å². The average molecular weight is 283 g/mol. The summed E-state index contributed by atoms with van der Waals surface area (Å²) in [5.74, 6) is -0.208. The molecule has 1 aliphatic rings. The van der Waals surface area contributed by atoms with Crippen LogP contribution in [-0.4, -0.2) is 53.6 Å². The zero-order chi connectivity index (χ0) is 15.1. The maximum Gasteiger partial charge on any atom is 0.390 e. The molecule has 3 nitrogen and oxygen atoms in total. The Bertz CT molecular complexity index is 316. The van der Waals surface area contributed by atoms with E-state index in [0.717, 1.165) is 0 Å². The molecule has 1 N–H and O–H groups in total. The van der Waals surface area contributed by atoms with E-state index in [2.05, 4.69) is 0 Å². The lowest BCUT2D eigenvalue weighted by atomic mass is 9.84. The van der Waals surface area contributed by atoms with Crippen molar-refractivity contribution in [2.24, 2.45) is 5.92 Å². The molecule has 0 bridgehead atoms. The molecule has 0 saturated carbocycles. The first-order valence-electron chi connectivity index (χ1n) is 6.49. The van der Waals surface area contributed by atoms with Gasteiger partial charge in [-0.15, -0.1) is 0 Å². The zero-order valence-corrected chi connectivity index (χ0v) is 12.2. The summed E-state index contributed by atoms with van der Waals surface area (Å²) in [6.45, 7) is 7.65. The SMILES string of the molecule is CN(CCC(F)(F)F)CC1C(O)C(C)(C)OC1(C)C. The summed E-state index contributed by atoms with van der Waals surface area (Å²) in [4.78, 5) is 1.61. The van der Waals surface area contributed by atoms with Crippen LogP contribution in [0.1, 0.15) is 34.1 Å². The fourth-order valence-electron chi connectivity index (χ4n) is 2.74. The van der Waals surface area contributed by atoms with Crippen LogP contribution < -0.4 is 0 Å². The van der Waals surface area contributed by atoms with Crippen LogP contribution in [0.15, 0.2) is 0 Å². The molecule has 1 saturated heterocycles. The normalized spacial score (nSPS) is 30.0. The molecule has 19 heavy (non-hydrogen) atoms. The summed E-state index contributed by atoms with van der Waals surface area (Å²) in [6, 6.07) is 0. The van der Waals surface area contributed by atoms with Crippen molar-refractivity contribution < 1.29 is 23.0 Å². The monoisotopic (exact) mass is 283 g/mol. The first-order valence-corrected chi connectivity index (χ1v) is 6.49. The predicted octanol–water partition coefficient (Wildman–Crippen LogP) is 2.44. The Morgan fingerprint density at radius 3 is 2.05 bits per heavy atom. The topological polar surface area (TPSA) is 32.7 Å². The van der Waals surface area contributed by atoms with Gasteiger partial charge in [-0.25, -0.2) is 0 Å². The van der Waals surface area contributed by atoms with E-state index in [4.69, 9.17) is 4.74 Å². The Morgan fingerprint density at radius 1 is 1.16 bits per heavy atom. The third-order valence-electron chi connectivity index (χ3n) is 3.80. The number of hydrogen-bond donors (Lipinski definition) is 1. The minimum absolute atomic E-state index is 0.0662. The van der Waals surface area contributed by atoms with Crippen molar-refractivity contribution >= 4 is 0 Å². The van der Waals surface area contributed by atoms with Crippen molar-refractivity contribution in [3.63, 3.8) is 0 Å². The molecule has 0 spiro atoms.